The topological polar surface area (TPSA) is 201 Å². The lowest BCUT2D eigenvalue weighted by molar-refractivity contribution is -0.187. The zero-order valence-corrected chi connectivity index (χ0v) is 41.9. The Morgan fingerprint density at radius 2 is 1.37 bits per heavy atom. The number of benzene rings is 6. The van der Waals surface area contributed by atoms with Crippen LogP contribution in [0, 0.1) is 0 Å². The molecule has 75 heavy (non-hydrogen) atoms. The Hall–Kier alpha value is -8.38. The van der Waals surface area contributed by atoms with E-state index in [0.717, 1.165) is 38.2 Å². The van der Waals surface area contributed by atoms with Gasteiger partial charge in [0, 0.05) is 32.8 Å². The molecule has 2 aliphatic rings. The van der Waals surface area contributed by atoms with Gasteiger partial charge in [0.05, 0.1) is 39.3 Å². The number of imidazole rings is 1. The molecule has 384 valence electrons. The van der Waals surface area contributed by atoms with Gasteiger partial charge in [0.1, 0.15) is 36.0 Å². The van der Waals surface area contributed by atoms with Gasteiger partial charge in [-0.05, 0) is 68.1 Å². The molecule has 0 saturated carbocycles. The summed E-state index contributed by atoms with van der Waals surface area (Å²) in [7, 11) is 3.23. The number of hydrogen-bond donors (Lipinski definition) is 2. The minimum Gasteiger partial charge on any atom is -0.497 e. The smallest absolute Gasteiger partial charge is 0.303 e. The van der Waals surface area contributed by atoms with E-state index in [4.69, 9.17) is 52.8 Å². The zero-order chi connectivity index (χ0) is 52.4. The Morgan fingerprint density at radius 1 is 0.760 bits per heavy atom. The maximum Gasteiger partial charge on any atom is 0.303 e. The second-order valence-electron chi connectivity index (χ2n) is 18.3. The van der Waals surface area contributed by atoms with Crippen LogP contribution in [0.1, 0.15) is 73.4 Å². The van der Waals surface area contributed by atoms with Gasteiger partial charge in [0.2, 0.25) is 11.8 Å². The number of nitrogens with zero attached hydrogens (tertiary/aromatic N) is 4. The van der Waals surface area contributed by atoms with Gasteiger partial charge >= 0.3 is 17.9 Å². The predicted molar refractivity (Wildman–Crippen MR) is 277 cm³/mol. The third-order valence-electron chi connectivity index (χ3n) is 13.6. The summed E-state index contributed by atoms with van der Waals surface area (Å²) in [6, 6.07) is 39.7. The highest BCUT2D eigenvalue weighted by Gasteiger charge is 2.50. The fourth-order valence-electron chi connectivity index (χ4n) is 10.4. The number of methoxy groups -OCH3 is 2. The lowest BCUT2D eigenvalue weighted by Gasteiger charge is -2.42. The maximum atomic E-state index is 13.2. The van der Waals surface area contributed by atoms with E-state index in [2.05, 4.69) is 11.9 Å². The monoisotopic (exact) mass is 1010 g/mol. The largest absolute Gasteiger partial charge is 0.497 e. The zero-order valence-electron chi connectivity index (χ0n) is 41.9. The Balaban J connectivity index is 1.05. The lowest BCUT2D eigenvalue weighted by Crippen LogP contribution is -2.50. The van der Waals surface area contributed by atoms with Gasteiger partial charge in [-0.3, -0.25) is 19.0 Å². The molecule has 10 rings (SSSR count). The maximum absolute atomic E-state index is 13.2. The van der Waals surface area contributed by atoms with Gasteiger partial charge in [-0.25, -0.2) is 4.98 Å². The van der Waals surface area contributed by atoms with Crippen molar-refractivity contribution >= 4 is 56.6 Å². The molecule has 8 aromatic rings. The van der Waals surface area contributed by atoms with Crippen LogP contribution < -0.4 is 19.5 Å². The summed E-state index contributed by atoms with van der Waals surface area (Å²) in [5.41, 5.74) is 2.95. The van der Waals surface area contributed by atoms with E-state index in [0.29, 0.717) is 22.6 Å². The van der Waals surface area contributed by atoms with Gasteiger partial charge in [-0.15, -0.1) is 0 Å². The molecule has 0 spiro atoms. The molecule has 6 aromatic carbocycles. The summed E-state index contributed by atoms with van der Waals surface area (Å²) in [5, 5.41) is 18.7. The standard InChI is InChI=1S/C58H55N5O12/c1-7-29-70-56-51-55(61-57(62-56)60-50-49-44(28-19-37-18-17-36-13-11-12-16-43(36)48(37)49)52(72-33(2)64)54(74-35(4)66)53(50)73-34(3)65)63(32-59-51)47-30-45(67)46(75-47)31-71-58(38-14-9-8-10-15-38,39-20-24-41(68-5)25-21-39)40-22-26-42(69-6)27-23-40/h7-28,32,45-47,50,52-54,67H,1,29-31H2,2-6H3,(H,60,61,62)/t45-,46+,47+,50+,52+,53-,54-/m0/s1. The number of aliphatic hydroxyl groups excluding tert-OH is 1. The molecule has 1 saturated heterocycles. The number of carbonyl (C=O) groups excluding carboxylic acids is 3. The molecule has 1 aliphatic heterocycles. The molecule has 3 heterocycles. The van der Waals surface area contributed by atoms with Crippen LogP contribution in [0.5, 0.6) is 17.4 Å². The first kappa shape index (κ1) is 50.2. The minimum absolute atomic E-state index is 0.00576. The summed E-state index contributed by atoms with van der Waals surface area (Å²) in [5.74, 6) is -0.579. The predicted octanol–water partition coefficient (Wildman–Crippen LogP) is 9.01. The lowest BCUT2D eigenvalue weighted by atomic mass is 9.77. The highest BCUT2D eigenvalue weighted by molar-refractivity contribution is 6.10. The molecular formula is C58H55N5O12. The first-order valence-corrected chi connectivity index (χ1v) is 24.4. The van der Waals surface area contributed by atoms with Gasteiger partial charge in [-0.2, -0.15) is 9.97 Å². The molecule has 0 radical (unpaired) electrons. The number of aliphatic hydroxyl groups is 1. The summed E-state index contributed by atoms with van der Waals surface area (Å²) in [6.07, 6.45) is -3.21. The van der Waals surface area contributed by atoms with Crippen molar-refractivity contribution in [2.24, 2.45) is 0 Å². The number of anilines is 1. The van der Waals surface area contributed by atoms with Crippen LogP contribution in [0.15, 0.2) is 146 Å². The number of aromatic nitrogens is 4. The molecule has 0 amide bonds. The first-order chi connectivity index (χ1) is 36.4. The normalized spacial score (nSPS) is 20.3. The average Bonchev–Trinajstić information content (AvgIpc) is 4.02. The number of rotatable bonds is 17. The quantitative estimate of drug-likeness (QED) is 0.0287. The molecule has 0 unspecified atom stereocenters. The highest BCUT2D eigenvalue weighted by atomic mass is 16.6. The van der Waals surface area contributed by atoms with Crippen LogP contribution >= 0.6 is 0 Å². The van der Waals surface area contributed by atoms with Crippen molar-refractivity contribution in [3.05, 3.63) is 174 Å². The van der Waals surface area contributed by atoms with Crippen molar-refractivity contribution < 1.29 is 57.4 Å². The van der Waals surface area contributed by atoms with Crippen LogP contribution in [0.3, 0.4) is 0 Å². The summed E-state index contributed by atoms with van der Waals surface area (Å²) in [6.45, 7) is 7.57. The van der Waals surface area contributed by atoms with Crippen LogP contribution in [0.25, 0.3) is 32.7 Å². The van der Waals surface area contributed by atoms with Crippen molar-refractivity contribution in [3.63, 3.8) is 0 Å². The van der Waals surface area contributed by atoms with Crippen LogP contribution in [0.4, 0.5) is 5.95 Å². The average molecular weight is 1010 g/mol. The molecule has 1 aliphatic carbocycles. The third kappa shape index (κ3) is 9.68. The number of ether oxygens (including phenoxy) is 8. The number of fused-ring (bicyclic) bond motifs is 6. The van der Waals surface area contributed by atoms with E-state index in [-0.39, 0.29) is 42.6 Å². The Morgan fingerprint density at radius 3 is 2.03 bits per heavy atom. The van der Waals surface area contributed by atoms with E-state index in [1.807, 2.05) is 127 Å². The van der Waals surface area contributed by atoms with Crippen LogP contribution in [0.2, 0.25) is 0 Å². The fourth-order valence-corrected chi connectivity index (χ4v) is 10.4. The van der Waals surface area contributed by atoms with E-state index >= 15 is 0 Å². The van der Waals surface area contributed by atoms with Crippen molar-refractivity contribution in [2.75, 3.05) is 32.8 Å². The number of esters is 3. The van der Waals surface area contributed by atoms with Crippen LogP contribution in [-0.2, 0) is 43.7 Å². The molecule has 17 heteroatoms. The van der Waals surface area contributed by atoms with E-state index < -0.39 is 66.3 Å². The molecule has 7 atom stereocenters. The Labute approximate surface area is 431 Å². The molecule has 2 N–H and O–H groups in total. The molecule has 17 nitrogen and oxygen atoms in total. The molecular weight excluding hydrogens is 959 g/mol. The van der Waals surface area contributed by atoms with E-state index in [1.54, 1.807) is 31.2 Å². The number of nitrogens with one attached hydrogen (secondary N) is 1. The van der Waals surface area contributed by atoms with Gasteiger partial charge in [-0.1, -0.05) is 116 Å². The van der Waals surface area contributed by atoms with Gasteiger partial charge in [0.25, 0.3) is 0 Å². The van der Waals surface area contributed by atoms with Crippen LogP contribution in [-0.4, -0.2) is 94.4 Å². The second kappa shape index (κ2) is 21.2. The SMILES string of the molecule is C=CCOc1nc(N[C@@H]2c3c(ccc4ccc5ccccc5c34)[C@@H](OC(C)=O)[C@H](OC(C)=O)[C@H]2OC(C)=O)nc2c1ncn2[C@H]1C[C@H](O)[C@@H](COC(c2ccccc2)(c2ccc(OC)cc2)c2ccc(OC)cc2)O1. The van der Waals surface area contributed by atoms with Gasteiger partial charge < -0.3 is 48.3 Å². The van der Waals surface area contributed by atoms with Crippen molar-refractivity contribution in [1.82, 2.24) is 19.5 Å². The van der Waals surface area contributed by atoms with Gasteiger partial charge in [0.15, 0.2) is 29.5 Å². The summed E-state index contributed by atoms with van der Waals surface area (Å²) < 4.78 is 50.8. The molecule has 1 fully saturated rings. The van der Waals surface area contributed by atoms with Crippen molar-refractivity contribution in [2.45, 2.75) is 75.6 Å². The Kier molecular flexibility index (Phi) is 14.2. The second-order valence-corrected chi connectivity index (χ2v) is 18.3. The summed E-state index contributed by atoms with van der Waals surface area (Å²) in [4.78, 5) is 53.5. The third-order valence-corrected chi connectivity index (χ3v) is 13.6. The van der Waals surface area contributed by atoms with Crippen molar-refractivity contribution in [1.29, 1.82) is 0 Å². The van der Waals surface area contributed by atoms with E-state index in [1.165, 1.54) is 20.8 Å². The summed E-state index contributed by atoms with van der Waals surface area (Å²) >= 11 is 0. The van der Waals surface area contributed by atoms with Crippen molar-refractivity contribution in [3.8, 4) is 17.4 Å². The number of carbonyl (C=O) groups is 3. The Bertz CT molecular complexity index is 3360. The minimum atomic E-state index is -1.32. The highest BCUT2D eigenvalue weighted by Crippen LogP contribution is 2.49. The molecule has 2 aromatic heterocycles. The molecule has 0 bridgehead atoms. The number of hydrogen-bond acceptors (Lipinski definition) is 16. The fraction of sp³-hybridized carbons (Fsp3) is 0.276. The first-order valence-electron chi connectivity index (χ1n) is 24.4. The van der Waals surface area contributed by atoms with E-state index in [9.17, 15) is 19.5 Å².